The Morgan fingerprint density at radius 3 is 2.08 bits per heavy atom. The molecule has 6 nitrogen and oxygen atoms in total. The molecule has 3 aromatic rings. The minimum atomic E-state index is -0.578. The average Bonchev–Trinajstić information content (AvgIpc) is 2.83. The first-order valence-corrected chi connectivity index (χ1v) is 13.0. The highest BCUT2D eigenvalue weighted by Gasteiger charge is 2.29. The van der Waals surface area contributed by atoms with Crippen LogP contribution in [0.4, 0.5) is 0 Å². The summed E-state index contributed by atoms with van der Waals surface area (Å²) in [5.41, 5.74) is 0.113. The molecule has 0 radical (unpaired) electrons. The van der Waals surface area contributed by atoms with Crippen molar-refractivity contribution in [1.82, 2.24) is 0 Å². The monoisotopic (exact) mass is 576 g/mol. The summed E-state index contributed by atoms with van der Waals surface area (Å²) in [5, 5.41) is 1.38. The van der Waals surface area contributed by atoms with Crippen LogP contribution in [0.3, 0.4) is 0 Å². The zero-order chi connectivity index (χ0) is 26.5. The number of hydrogen-bond donors (Lipinski definition) is 0. The van der Waals surface area contributed by atoms with E-state index in [9.17, 15) is 9.59 Å². The van der Waals surface area contributed by atoms with E-state index < -0.39 is 11.9 Å². The standard InChI is InChI=1S/C28H30BrClO6/c1-6-28(4,5)16-22(31)35-24-21-15-19(30)12-13-20(21)23(25(33-7-2)26(24)34-8-3)36-27(32)17-10-9-11-18(29)14-17/h9-15H,6-8,16H2,1-5H3. The molecule has 0 unspecified atom stereocenters. The topological polar surface area (TPSA) is 71.1 Å². The number of ether oxygens (including phenoxy) is 4. The fourth-order valence-electron chi connectivity index (χ4n) is 3.54. The number of carbonyl (C=O) groups excluding carboxylic acids is 2. The predicted molar refractivity (Wildman–Crippen MR) is 145 cm³/mol. The smallest absolute Gasteiger partial charge is 0.343 e. The Kier molecular flexibility index (Phi) is 9.25. The maximum Gasteiger partial charge on any atom is 0.343 e. The number of carbonyl (C=O) groups is 2. The van der Waals surface area contributed by atoms with Gasteiger partial charge in [0.15, 0.2) is 11.5 Å². The first kappa shape index (κ1) is 27.8. The number of hydrogen-bond acceptors (Lipinski definition) is 6. The van der Waals surface area contributed by atoms with Gasteiger partial charge in [0, 0.05) is 20.3 Å². The fourth-order valence-corrected chi connectivity index (χ4v) is 4.11. The van der Waals surface area contributed by atoms with Crippen LogP contribution in [-0.4, -0.2) is 25.2 Å². The Bertz CT molecular complexity index is 1270. The molecule has 3 rings (SSSR count). The van der Waals surface area contributed by atoms with Crippen molar-refractivity contribution in [3.63, 3.8) is 0 Å². The van der Waals surface area contributed by atoms with Crippen LogP contribution in [0.15, 0.2) is 46.9 Å². The van der Waals surface area contributed by atoms with Crippen LogP contribution in [0.25, 0.3) is 10.8 Å². The van der Waals surface area contributed by atoms with Crippen LogP contribution >= 0.6 is 27.5 Å². The fraction of sp³-hybridized carbons (Fsp3) is 0.357. The Morgan fingerprint density at radius 2 is 1.50 bits per heavy atom. The molecule has 0 aliphatic carbocycles. The number of benzene rings is 3. The molecule has 0 N–H and O–H groups in total. The minimum absolute atomic E-state index is 0.158. The SMILES string of the molecule is CCOc1c(OCC)c(OC(=O)c2cccc(Br)c2)c2ccc(Cl)cc2c1OC(=O)CC(C)(C)CC. The van der Waals surface area contributed by atoms with E-state index in [1.165, 1.54) is 0 Å². The van der Waals surface area contributed by atoms with E-state index in [4.69, 9.17) is 30.5 Å². The van der Waals surface area contributed by atoms with E-state index in [2.05, 4.69) is 15.9 Å². The number of rotatable bonds is 10. The molecule has 36 heavy (non-hydrogen) atoms. The summed E-state index contributed by atoms with van der Waals surface area (Å²) in [7, 11) is 0. The first-order chi connectivity index (χ1) is 17.1. The Balaban J connectivity index is 2.22. The largest absolute Gasteiger partial charge is 0.487 e. The highest BCUT2D eigenvalue weighted by molar-refractivity contribution is 9.10. The molecule has 0 spiro atoms. The van der Waals surface area contributed by atoms with Crippen molar-refractivity contribution >= 4 is 50.2 Å². The van der Waals surface area contributed by atoms with Crippen molar-refractivity contribution in [3.05, 3.63) is 57.5 Å². The molecule has 0 saturated heterocycles. The summed E-state index contributed by atoms with van der Waals surface area (Å²) < 4.78 is 24.4. The van der Waals surface area contributed by atoms with Crippen molar-refractivity contribution in [2.75, 3.05) is 13.2 Å². The third-order valence-corrected chi connectivity index (χ3v) is 6.45. The number of esters is 2. The molecule has 0 fully saturated rings. The molecule has 0 aliphatic heterocycles. The third kappa shape index (κ3) is 6.51. The van der Waals surface area contributed by atoms with Crippen molar-refractivity contribution in [2.24, 2.45) is 5.41 Å². The number of halogens is 2. The van der Waals surface area contributed by atoms with Crippen molar-refractivity contribution in [1.29, 1.82) is 0 Å². The van der Waals surface area contributed by atoms with Crippen molar-refractivity contribution in [2.45, 2.75) is 47.5 Å². The summed E-state index contributed by atoms with van der Waals surface area (Å²) in [4.78, 5) is 26.1. The molecular formula is C28H30BrClO6. The lowest BCUT2D eigenvalue weighted by molar-refractivity contribution is -0.136. The normalized spacial score (nSPS) is 11.3. The van der Waals surface area contributed by atoms with Crippen LogP contribution in [0.2, 0.25) is 5.02 Å². The van der Waals surface area contributed by atoms with Gasteiger partial charge in [0.25, 0.3) is 0 Å². The quantitative estimate of drug-likeness (QED) is 0.180. The molecule has 0 bridgehead atoms. The molecule has 192 valence electrons. The highest BCUT2D eigenvalue weighted by atomic mass is 79.9. The van der Waals surface area contributed by atoms with Gasteiger partial charge in [-0.2, -0.15) is 0 Å². The minimum Gasteiger partial charge on any atom is -0.487 e. The highest BCUT2D eigenvalue weighted by Crippen LogP contribution is 2.52. The molecule has 0 aliphatic rings. The summed E-state index contributed by atoms with van der Waals surface area (Å²) in [6.07, 6.45) is 1.02. The predicted octanol–water partition coefficient (Wildman–Crippen LogP) is 8.00. The zero-order valence-corrected chi connectivity index (χ0v) is 23.4. The van der Waals surface area contributed by atoms with Gasteiger partial charge in [-0.3, -0.25) is 4.79 Å². The summed E-state index contributed by atoms with van der Waals surface area (Å²) in [6.45, 7) is 10.2. The lowest BCUT2D eigenvalue weighted by atomic mass is 9.87. The van der Waals surface area contributed by atoms with Crippen LogP contribution in [0.5, 0.6) is 23.0 Å². The second kappa shape index (κ2) is 12.0. The van der Waals surface area contributed by atoms with Gasteiger partial charge in [-0.25, -0.2) is 4.79 Å². The van der Waals surface area contributed by atoms with Gasteiger partial charge in [0.05, 0.1) is 25.2 Å². The van der Waals surface area contributed by atoms with E-state index >= 15 is 0 Å². The maximum atomic E-state index is 13.1. The Morgan fingerprint density at radius 1 is 0.861 bits per heavy atom. The van der Waals surface area contributed by atoms with Gasteiger partial charge in [-0.1, -0.05) is 60.8 Å². The van der Waals surface area contributed by atoms with Gasteiger partial charge < -0.3 is 18.9 Å². The van der Waals surface area contributed by atoms with Gasteiger partial charge in [0.1, 0.15) is 0 Å². The van der Waals surface area contributed by atoms with Gasteiger partial charge >= 0.3 is 11.9 Å². The lowest BCUT2D eigenvalue weighted by Gasteiger charge is -2.23. The van der Waals surface area contributed by atoms with Gasteiger partial charge in [-0.05, 0) is 55.7 Å². The van der Waals surface area contributed by atoms with Gasteiger partial charge in [0.2, 0.25) is 11.5 Å². The van der Waals surface area contributed by atoms with Crippen molar-refractivity contribution < 1.29 is 28.5 Å². The molecule has 0 heterocycles. The third-order valence-electron chi connectivity index (χ3n) is 5.72. The maximum absolute atomic E-state index is 13.1. The van der Waals surface area contributed by atoms with Gasteiger partial charge in [-0.15, -0.1) is 0 Å². The van der Waals surface area contributed by atoms with Crippen LogP contribution in [-0.2, 0) is 4.79 Å². The summed E-state index contributed by atoms with van der Waals surface area (Å²) in [6, 6.07) is 11.9. The van der Waals surface area contributed by atoms with Crippen LogP contribution in [0.1, 0.15) is 57.8 Å². The molecule has 8 heteroatoms. The number of fused-ring (bicyclic) bond motifs is 1. The van der Waals surface area contributed by atoms with E-state index in [1.54, 1.807) is 50.2 Å². The second-order valence-corrected chi connectivity index (χ2v) is 10.3. The zero-order valence-electron chi connectivity index (χ0n) is 21.1. The molecular weight excluding hydrogens is 548 g/mol. The van der Waals surface area contributed by atoms with Crippen LogP contribution < -0.4 is 18.9 Å². The summed E-state index contributed by atoms with van der Waals surface area (Å²) >= 11 is 9.71. The molecule has 0 amide bonds. The second-order valence-electron chi connectivity index (χ2n) is 8.94. The Hall–Kier alpha value is -2.77. The first-order valence-electron chi connectivity index (χ1n) is 11.8. The average molecular weight is 578 g/mol. The summed E-state index contributed by atoms with van der Waals surface area (Å²) in [5.74, 6) is -0.303. The van der Waals surface area contributed by atoms with Crippen molar-refractivity contribution in [3.8, 4) is 23.0 Å². The van der Waals surface area contributed by atoms with E-state index in [-0.39, 0.29) is 48.0 Å². The lowest BCUT2D eigenvalue weighted by Crippen LogP contribution is -2.20. The molecule has 3 aromatic carbocycles. The molecule has 0 aromatic heterocycles. The van der Waals surface area contributed by atoms with E-state index in [1.807, 2.05) is 26.8 Å². The van der Waals surface area contributed by atoms with E-state index in [0.717, 1.165) is 10.9 Å². The Labute approximate surface area is 224 Å². The van der Waals surface area contributed by atoms with Crippen LogP contribution in [0, 0.1) is 5.41 Å². The molecule has 0 atom stereocenters. The molecule has 0 saturated carbocycles. The van der Waals surface area contributed by atoms with E-state index in [0.29, 0.717) is 21.4 Å².